The Morgan fingerprint density at radius 1 is 0.955 bits per heavy atom. The molecule has 3 nitrogen and oxygen atoms in total. The van der Waals surface area contributed by atoms with Gasteiger partial charge in [-0.1, -0.05) is 24.3 Å². The SMILES string of the molecule is CN1C=Cc2c(n(C)c3c2ccc2c4ccccc4oc23)C1. The van der Waals surface area contributed by atoms with E-state index in [1.54, 1.807) is 0 Å². The number of hydrogen-bond donors (Lipinski definition) is 0. The minimum Gasteiger partial charge on any atom is -0.454 e. The van der Waals surface area contributed by atoms with Gasteiger partial charge < -0.3 is 13.9 Å². The lowest BCUT2D eigenvalue weighted by Gasteiger charge is -2.19. The zero-order chi connectivity index (χ0) is 14.8. The van der Waals surface area contributed by atoms with Crippen LogP contribution < -0.4 is 0 Å². The van der Waals surface area contributed by atoms with Crippen molar-refractivity contribution in [3.8, 4) is 0 Å². The highest BCUT2D eigenvalue weighted by Gasteiger charge is 2.21. The van der Waals surface area contributed by atoms with Crippen LogP contribution in [0.15, 0.2) is 47.0 Å². The Morgan fingerprint density at radius 2 is 1.77 bits per heavy atom. The first-order valence-corrected chi connectivity index (χ1v) is 7.54. The van der Waals surface area contributed by atoms with E-state index < -0.39 is 0 Å². The minimum absolute atomic E-state index is 0.929. The largest absolute Gasteiger partial charge is 0.454 e. The molecular weight excluding hydrogens is 272 g/mol. The fourth-order valence-corrected chi connectivity index (χ4v) is 3.66. The summed E-state index contributed by atoms with van der Waals surface area (Å²) in [5.74, 6) is 0. The fourth-order valence-electron chi connectivity index (χ4n) is 3.66. The van der Waals surface area contributed by atoms with Crippen molar-refractivity contribution in [2.24, 2.45) is 7.05 Å². The lowest BCUT2D eigenvalue weighted by molar-refractivity contribution is 0.434. The Hall–Kier alpha value is -2.68. The van der Waals surface area contributed by atoms with Gasteiger partial charge in [-0.3, -0.25) is 0 Å². The van der Waals surface area contributed by atoms with Crippen LogP contribution in [0.4, 0.5) is 0 Å². The van der Waals surface area contributed by atoms with Crippen molar-refractivity contribution in [2.75, 3.05) is 7.05 Å². The van der Waals surface area contributed by atoms with E-state index in [1.807, 2.05) is 12.1 Å². The van der Waals surface area contributed by atoms with E-state index in [9.17, 15) is 0 Å². The third-order valence-electron chi connectivity index (χ3n) is 4.76. The molecule has 1 aliphatic heterocycles. The van der Waals surface area contributed by atoms with Gasteiger partial charge in [-0.15, -0.1) is 0 Å². The molecule has 0 bridgehead atoms. The van der Waals surface area contributed by atoms with Crippen LogP contribution in [-0.4, -0.2) is 16.5 Å². The Morgan fingerprint density at radius 3 is 2.68 bits per heavy atom. The quantitative estimate of drug-likeness (QED) is 0.475. The number of rotatable bonds is 0. The molecule has 22 heavy (non-hydrogen) atoms. The smallest absolute Gasteiger partial charge is 0.159 e. The van der Waals surface area contributed by atoms with Gasteiger partial charge in [0.25, 0.3) is 0 Å². The molecule has 0 N–H and O–H groups in total. The van der Waals surface area contributed by atoms with Gasteiger partial charge in [0, 0.05) is 41.5 Å². The molecule has 0 radical (unpaired) electrons. The van der Waals surface area contributed by atoms with Gasteiger partial charge in [0.1, 0.15) is 5.58 Å². The molecule has 0 unspecified atom stereocenters. The summed E-state index contributed by atoms with van der Waals surface area (Å²) in [7, 11) is 4.24. The highest BCUT2D eigenvalue weighted by molar-refractivity contribution is 6.15. The van der Waals surface area contributed by atoms with Gasteiger partial charge in [0.2, 0.25) is 0 Å². The van der Waals surface area contributed by atoms with Gasteiger partial charge in [0.15, 0.2) is 5.58 Å². The van der Waals surface area contributed by atoms with Crippen LogP contribution in [0.5, 0.6) is 0 Å². The molecule has 1 aliphatic rings. The van der Waals surface area contributed by atoms with Gasteiger partial charge in [-0.2, -0.15) is 0 Å². The number of aryl methyl sites for hydroxylation is 1. The monoisotopic (exact) mass is 288 g/mol. The molecule has 3 heteroatoms. The molecule has 0 aliphatic carbocycles. The maximum atomic E-state index is 6.19. The number of benzene rings is 2. The van der Waals surface area contributed by atoms with Crippen molar-refractivity contribution in [3.05, 3.63) is 53.9 Å². The van der Waals surface area contributed by atoms with E-state index in [-0.39, 0.29) is 0 Å². The van der Waals surface area contributed by atoms with Crippen molar-refractivity contribution >= 4 is 38.9 Å². The van der Waals surface area contributed by atoms with Crippen LogP contribution in [0.3, 0.4) is 0 Å². The average Bonchev–Trinajstić information content (AvgIpc) is 3.04. The van der Waals surface area contributed by atoms with Gasteiger partial charge in [0.05, 0.1) is 12.1 Å². The zero-order valence-corrected chi connectivity index (χ0v) is 12.6. The summed E-state index contributed by atoms with van der Waals surface area (Å²) in [5.41, 5.74) is 5.80. The molecule has 5 rings (SSSR count). The summed E-state index contributed by atoms with van der Waals surface area (Å²) >= 11 is 0. The Bertz CT molecular complexity index is 1080. The second-order valence-corrected chi connectivity index (χ2v) is 6.09. The number of nitrogens with zero attached hydrogens (tertiary/aromatic N) is 2. The molecule has 3 heterocycles. The van der Waals surface area contributed by atoms with E-state index in [4.69, 9.17) is 4.42 Å². The van der Waals surface area contributed by atoms with Crippen molar-refractivity contribution in [3.63, 3.8) is 0 Å². The number of fused-ring (bicyclic) bond motifs is 7. The van der Waals surface area contributed by atoms with Crippen LogP contribution in [0.25, 0.3) is 38.9 Å². The molecule has 0 fully saturated rings. The van der Waals surface area contributed by atoms with Crippen molar-refractivity contribution in [2.45, 2.75) is 6.54 Å². The highest BCUT2D eigenvalue weighted by atomic mass is 16.3. The van der Waals surface area contributed by atoms with Crippen molar-refractivity contribution < 1.29 is 4.42 Å². The second-order valence-electron chi connectivity index (χ2n) is 6.09. The predicted octanol–water partition coefficient (Wildman–Crippen LogP) is 4.49. The first-order valence-electron chi connectivity index (χ1n) is 7.54. The van der Waals surface area contributed by atoms with E-state index >= 15 is 0 Å². The van der Waals surface area contributed by atoms with E-state index in [0.717, 1.165) is 17.7 Å². The van der Waals surface area contributed by atoms with Crippen LogP contribution in [-0.2, 0) is 13.6 Å². The molecule has 0 amide bonds. The number of aromatic nitrogens is 1. The maximum absolute atomic E-state index is 6.19. The standard InChI is InChI=1S/C19H16N2O/c1-20-10-9-12-14-7-8-15-13-5-3-4-6-17(13)22-19(15)18(14)21(2)16(12)11-20/h3-10H,11H2,1-2H3. The normalized spacial score (nSPS) is 14.4. The topological polar surface area (TPSA) is 21.3 Å². The third kappa shape index (κ3) is 1.36. The number of furan rings is 1. The molecular formula is C19H16N2O. The molecule has 2 aromatic heterocycles. The lowest BCUT2D eigenvalue weighted by Crippen LogP contribution is -2.16. The summed E-state index contributed by atoms with van der Waals surface area (Å²) in [6.45, 7) is 0.929. The summed E-state index contributed by atoms with van der Waals surface area (Å²) in [6, 6.07) is 12.7. The maximum Gasteiger partial charge on any atom is 0.159 e. The summed E-state index contributed by atoms with van der Waals surface area (Å²) in [4.78, 5) is 2.21. The summed E-state index contributed by atoms with van der Waals surface area (Å²) < 4.78 is 8.48. The average molecular weight is 288 g/mol. The molecule has 108 valence electrons. The second kappa shape index (κ2) is 3.95. The summed E-state index contributed by atoms with van der Waals surface area (Å²) in [5, 5.41) is 3.65. The van der Waals surface area contributed by atoms with Crippen molar-refractivity contribution in [1.82, 2.24) is 9.47 Å². The van der Waals surface area contributed by atoms with E-state index in [1.165, 1.54) is 32.9 Å². The van der Waals surface area contributed by atoms with Crippen molar-refractivity contribution in [1.29, 1.82) is 0 Å². The molecule has 0 atom stereocenters. The van der Waals surface area contributed by atoms with Gasteiger partial charge >= 0.3 is 0 Å². The molecule has 0 saturated heterocycles. The van der Waals surface area contributed by atoms with Crippen LogP contribution >= 0.6 is 0 Å². The molecule has 4 aromatic rings. The molecule has 0 saturated carbocycles. The van der Waals surface area contributed by atoms with Gasteiger partial charge in [-0.05, 0) is 24.4 Å². The first kappa shape index (κ1) is 11.9. The van der Waals surface area contributed by atoms with Crippen LogP contribution in [0, 0.1) is 0 Å². The van der Waals surface area contributed by atoms with Gasteiger partial charge in [-0.25, -0.2) is 0 Å². The number of hydrogen-bond acceptors (Lipinski definition) is 2. The lowest BCUT2D eigenvalue weighted by atomic mass is 10.1. The minimum atomic E-state index is 0.929. The fraction of sp³-hybridized carbons (Fsp3) is 0.158. The highest BCUT2D eigenvalue weighted by Crippen LogP contribution is 2.38. The van der Waals surface area contributed by atoms with Crippen LogP contribution in [0.2, 0.25) is 0 Å². The number of para-hydroxylation sites is 1. The Kier molecular flexibility index (Phi) is 2.14. The predicted molar refractivity (Wildman–Crippen MR) is 90.7 cm³/mol. The van der Waals surface area contributed by atoms with Crippen LogP contribution in [0.1, 0.15) is 11.3 Å². The third-order valence-corrected chi connectivity index (χ3v) is 4.76. The Balaban J connectivity index is 2.00. The summed E-state index contributed by atoms with van der Waals surface area (Å²) in [6.07, 6.45) is 4.35. The first-order chi connectivity index (χ1) is 10.7. The van der Waals surface area contributed by atoms with E-state index in [0.29, 0.717) is 0 Å². The molecule has 2 aromatic carbocycles. The molecule has 0 spiro atoms. The Labute approximate surface area is 128 Å². The van der Waals surface area contributed by atoms with E-state index in [2.05, 4.69) is 60.1 Å². The zero-order valence-electron chi connectivity index (χ0n) is 12.6.